The van der Waals surface area contributed by atoms with Crippen molar-refractivity contribution >= 4 is 5.65 Å². The minimum Gasteiger partial charge on any atom is -0.474 e. The summed E-state index contributed by atoms with van der Waals surface area (Å²) in [5.41, 5.74) is 7.85. The standard InChI is InChI=1S/C21H27N3O/c1-7-17(8-2)25-19-11-16(6)23-21-18(12-22-24(19)21)20-14(4)9-13(3)10-15(20)5/h9-12,17H,7-8H2,1-6H3. The van der Waals surface area contributed by atoms with Crippen molar-refractivity contribution in [2.75, 3.05) is 0 Å². The zero-order chi connectivity index (χ0) is 18.1. The van der Waals surface area contributed by atoms with E-state index in [2.05, 4.69) is 51.9 Å². The summed E-state index contributed by atoms with van der Waals surface area (Å²) in [6, 6.07) is 6.39. The van der Waals surface area contributed by atoms with Gasteiger partial charge in [0.2, 0.25) is 5.88 Å². The lowest BCUT2D eigenvalue weighted by atomic mass is 9.95. The van der Waals surface area contributed by atoms with Crippen LogP contribution in [0, 0.1) is 27.7 Å². The molecule has 3 aromatic rings. The summed E-state index contributed by atoms with van der Waals surface area (Å²) in [5, 5.41) is 4.59. The Hall–Kier alpha value is -2.36. The quantitative estimate of drug-likeness (QED) is 0.642. The van der Waals surface area contributed by atoms with E-state index in [-0.39, 0.29) is 6.10 Å². The number of hydrogen-bond donors (Lipinski definition) is 0. The smallest absolute Gasteiger partial charge is 0.218 e. The van der Waals surface area contributed by atoms with Gasteiger partial charge in [-0.2, -0.15) is 9.61 Å². The van der Waals surface area contributed by atoms with E-state index in [9.17, 15) is 0 Å². The van der Waals surface area contributed by atoms with Gasteiger partial charge in [-0.3, -0.25) is 0 Å². The summed E-state index contributed by atoms with van der Waals surface area (Å²) in [6.07, 6.45) is 4.06. The van der Waals surface area contributed by atoms with Gasteiger partial charge in [0.15, 0.2) is 5.65 Å². The molecule has 0 atom stereocenters. The van der Waals surface area contributed by atoms with Crippen molar-refractivity contribution in [3.05, 3.63) is 46.8 Å². The van der Waals surface area contributed by atoms with Crippen molar-refractivity contribution in [2.24, 2.45) is 0 Å². The SMILES string of the molecule is CCC(CC)Oc1cc(C)nc2c(-c3c(C)cc(C)cc3C)cnn12. The van der Waals surface area contributed by atoms with Crippen LogP contribution in [0.1, 0.15) is 49.1 Å². The van der Waals surface area contributed by atoms with E-state index in [0.717, 1.165) is 35.6 Å². The first-order valence-corrected chi connectivity index (χ1v) is 9.04. The molecule has 0 radical (unpaired) electrons. The Morgan fingerprint density at radius 2 is 1.64 bits per heavy atom. The minimum atomic E-state index is 0.195. The second-order valence-electron chi connectivity index (χ2n) is 6.86. The summed E-state index contributed by atoms with van der Waals surface area (Å²) in [5.74, 6) is 0.768. The van der Waals surface area contributed by atoms with Crippen LogP contribution in [0.3, 0.4) is 0 Å². The third-order valence-corrected chi connectivity index (χ3v) is 4.71. The molecule has 1 aromatic carbocycles. The number of benzene rings is 1. The fourth-order valence-corrected chi connectivity index (χ4v) is 3.54. The van der Waals surface area contributed by atoms with Gasteiger partial charge in [0.1, 0.15) is 0 Å². The van der Waals surface area contributed by atoms with Crippen LogP contribution in [-0.4, -0.2) is 20.7 Å². The van der Waals surface area contributed by atoms with Crippen molar-refractivity contribution in [1.82, 2.24) is 14.6 Å². The monoisotopic (exact) mass is 337 g/mol. The Labute approximate surface area is 149 Å². The highest BCUT2D eigenvalue weighted by molar-refractivity contribution is 5.82. The van der Waals surface area contributed by atoms with Crippen LogP contribution in [-0.2, 0) is 0 Å². The summed E-state index contributed by atoms with van der Waals surface area (Å²) in [6.45, 7) is 12.7. The highest BCUT2D eigenvalue weighted by Gasteiger charge is 2.17. The van der Waals surface area contributed by atoms with E-state index in [1.54, 1.807) is 0 Å². The van der Waals surface area contributed by atoms with Gasteiger partial charge in [0, 0.05) is 17.3 Å². The molecule has 0 N–H and O–H groups in total. The van der Waals surface area contributed by atoms with Crippen LogP contribution >= 0.6 is 0 Å². The molecule has 0 saturated carbocycles. The number of nitrogens with zero attached hydrogens (tertiary/aromatic N) is 3. The Morgan fingerprint density at radius 1 is 1.00 bits per heavy atom. The van der Waals surface area contributed by atoms with Gasteiger partial charge < -0.3 is 4.74 Å². The largest absolute Gasteiger partial charge is 0.474 e. The van der Waals surface area contributed by atoms with Crippen LogP contribution in [0.15, 0.2) is 24.4 Å². The fraction of sp³-hybridized carbons (Fsp3) is 0.429. The number of hydrogen-bond acceptors (Lipinski definition) is 3. The van der Waals surface area contributed by atoms with Gasteiger partial charge in [-0.05, 0) is 57.2 Å². The van der Waals surface area contributed by atoms with Gasteiger partial charge in [0.05, 0.1) is 12.3 Å². The van der Waals surface area contributed by atoms with Crippen LogP contribution in [0.2, 0.25) is 0 Å². The van der Waals surface area contributed by atoms with Gasteiger partial charge in [-0.1, -0.05) is 31.5 Å². The first kappa shape index (κ1) is 17.5. The summed E-state index contributed by atoms with van der Waals surface area (Å²) >= 11 is 0. The molecule has 0 aliphatic heterocycles. The maximum absolute atomic E-state index is 6.20. The molecule has 0 aliphatic rings. The fourth-order valence-electron chi connectivity index (χ4n) is 3.54. The molecule has 4 heteroatoms. The molecule has 0 spiro atoms. The number of fused-ring (bicyclic) bond motifs is 1. The number of aryl methyl sites for hydroxylation is 4. The molecule has 0 amide bonds. The Morgan fingerprint density at radius 3 is 2.24 bits per heavy atom. The zero-order valence-electron chi connectivity index (χ0n) is 16.1. The van der Waals surface area contributed by atoms with Gasteiger partial charge >= 0.3 is 0 Å². The zero-order valence-corrected chi connectivity index (χ0v) is 16.1. The van der Waals surface area contributed by atoms with Crippen molar-refractivity contribution in [3.63, 3.8) is 0 Å². The molecule has 0 unspecified atom stereocenters. The number of rotatable bonds is 5. The maximum atomic E-state index is 6.20. The van der Waals surface area contributed by atoms with Crippen LogP contribution < -0.4 is 4.74 Å². The van der Waals surface area contributed by atoms with Crippen molar-refractivity contribution in [3.8, 4) is 17.0 Å². The molecule has 3 rings (SSSR count). The normalized spacial score (nSPS) is 11.5. The van der Waals surface area contributed by atoms with Crippen molar-refractivity contribution < 1.29 is 4.74 Å². The first-order chi connectivity index (χ1) is 11.9. The topological polar surface area (TPSA) is 39.4 Å². The molecule has 0 aliphatic carbocycles. The third-order valence-electron chi connectivity index (χ3n) is 4.71. The second-order valence-corrected chi connectivity index (χ2v) is 6.86. The van der Waals surface area contributed by atoms with E-state index in [0.29, 0.717) is 0 Å². The molecule has 0 saturated heterocycles. The summed E-state index contributed by atoms with van der Waals surface area (Å²) < 4.78 is 8.03. The van der Waals surface area contributed by atoms with Crippen molar-refractivity contribution in [1.29, 1.82) is 0 Å². The molecular weight excluding hydrogens is 310 g/mol. The van der Waals surface area contributed by atoms with E-state index in [4.69, 9.17) is 9.72 Å². The van der Waals surface area contributed by atoms with Crippen LogP contribution in [0.5, 0.6) is 5.88 Å². The van der Waals surface area contributed by atoms with E-state index in [1.165, 1.54) is 22.3 Å². The Kier molecular flexibility index (Phi) is 4.80. The van der Waals surface area contributed by atoms with Gasteiger partial charge in [-0.15, -0.1) is 0 Å². The summed E-state index contributed by atoms with van der Waals surface area (Å²) in [4.78, 5) is 4.76. The van der Waals surface area contributed by atoms with E-state index < -0.39 is 0 Å². The average molecular weight is 337 g/mol. The number of aromatic nitrogens is 3. The molecule has 2 heterocycles. The average Bonchev–Trinajstić information content (AvgIpc) is 2.95. The highest BCUT2D eigenvalue weighted by Crippen LogP contribution is 2.32. The predicted octanol–water partition coefficient (Wildman–Crippen LogP) is 5.20. The highest BCUT2D eigenvalue weighted by atomic mass is 16.5. The van der Waals surface area contributed by atoms with Crippen molar-refractivity contribution in [2.45, 2.75) is 60.5 Å². The molecule has 0 fully saturated rings. The molecular formula is C21H27N3O. The van der Waals surface area contributed by atoms with E-state index >= 15 is 0 Å². The first-order valence-electron chi connectivity index (χ1n) is 9.04. The second kappa shape index (κ2) is 6.87. The van der Waals surface area contributed by atoms with Crippen LogP contribution in [0.4, 0.5) is 0 Å². The molecule has 25 heavy (non-hydrogen) atoms. The molecule has 0 bridgehead atoms. The summed E-state index contributed by atoms with van der Waals surface area (Å²) in [7, 11) is 0. The molecule has 132 valence electrons. The van der Waals surface area contributed by atoms with Crippen LogP contribution in [0.25, 0.3) is 16.8 Å². The van der Waals surface area contributed by atoms with Gasteiger partial charge in [0.25, 0.3) is 0 Å². The minimum absolute atomic E-state index is 0.195. The van der Waals surface area contributed by atoms with E-state index in [1.807, 2.05) is 23.7 Å². The molecule has 2 aromatic heterocycles. The lowest BCUT2D eigenvalue weighted by Crippen LogP contribution is -2.16. The Balaban J connectivity index is 2.19. The molecule has 4 nitrogen and oxygen atoms in total. The lowest BCUT2D eigenvalue weighted by molar-refractivity contribution is 0.180. The lowest BCUT2D eigenvalue weighted by Gasteiger charge is -2.17. The maximum Gasteiger partial charge on any atom is 0.218 e. The Bertz CT molecular complexity index is 884. The predicted molar refractivity (Wildman–Crippen MR) is 102 cm³/mol. The van der Waals surface area contributed by atoms with Gasteiger partial charge in [-0.25, -0.2) is 4.98 Å². The third kappa shape index (κ3) is 3.26. The number of ether oxygens (including phenoxy) is 1.